The van der Waals surface area contributed by atoms with E-state index in [1.165, 1.54) is 6.42 Å². The molecule has 0 fully saturated rings. The van der Waals surface area contributed by atoms with Crippen LogP contribution >= 0.6 is 0 Å². The highest BCUT2D eigenvalue weighted by Gasteiger charge is 2.29. The van der Waals surface area contributed by atoms with Gasteiger partial charge in [0.05, 0.1) is 18.8 Å². The van der Waals surface area contributed by atoms with E-state index < -0.39 is 0 Å². The number of aliphatic hydroxyl groups is 1. The summed E-state index contributed by atoms with van der Waals surface area (Å²) >= 11 is 0. The van der Waals surface area contributed by atoms with E-state index in [4.69, 9.17) is 9.84 Å². The maximum Gasteiger partial charge on any atom is 0.0705 e. The van der Waals surface area contributed by atoms with Gasteiger partial charge in [-0.3, -0.25) is 0 Å². The topological polar surface area (TPSA) is 29.5 Å². The van der Waals surface area contributed by atoms with Crippen molar-refractivity contribution < 1.29 is 9.84 Å². The third kappa shape index (κ3) is 4.10. The van der Waals surface area contributed by atoms with Gasteiger partial charge in [0.15, 0.2) is 0 Å². The molecule has 0 aliphatic rings. The summed E-state index contributed by atoms with van der Waals surface area (Å²) < 4.78 is 5.61. The molecule has 0 aromatic rings. The molecular formula is C11H24O2. The minimum Gasteiger partial charge on any atom is -0.394 e. The fourth-order valence-electron chi connectivity index (χ4n) is 1.48. The molecule has 13 heavy (non-hydrogen) atoms. The van der Waals surface area contributed by atoms with E-state index in [1.54, 1.807) is 0 Å². The molecular weight excluding hydrogens is 164 g/mol. The van der Waals surface area contributed by atoms with Crippen molar-refractivity contribution in [3.8, 4) is 0 Å². The zero-order chi connectivity index (χ0) is 10.5. The van der Waals surface area contributed by atoms with Gasteiger partial charge < -0.3 is 9.84 Å². The number of rotatable bonds is 6. The molecule has 0 aliphatic heterocycles. The Morgan fingerprint density at radius 2 is 1.85 bits per heavy atom. The summed E-state index contributed by atoms with van der Waals surface area (Å²) in [4.78, 5) is 0. The lowest BCUT2D eigenvalue weighted by molar-refractivity contribution is -0.0798. The molecule has 0 heterocycles. The van der Waals surface area contributed by atoms with Crippen LogP contribution in [0.2, 0.25) is 0 Å². The van der Waals surface area contributed by atoms with E-state index in [0.29, 0.717) is 18.4 Å². The number of aliphatic hydroxyl groups excluding tert-OH is 1. The first-order valence-electron chi connectivity index (χ1n) is 5.20. The Kier molecular flexibility index (Phi) is 5.57. The molecule has 0 spiro atoms. The molecule has 0 rings (SSSR count). The largest absolute Gasteiger partial charge is 0.394 e. The van der Waals surface area contributed by atoms with Crippen molar-refractivity contribution in [3.05, 3.63) is 0 Å². The highest BCUT2D eigenvalue weighted by molar-refractivity contribution is 4.79. The Bertz CT molecular complexity index is 132. The third-order valence-corrected chi connectivity index (χ3v) is 3.16. The Hall–Kier alpha value is -0.0800. The Labute approximate surface area is 82.3 Å². The van der Waals surface area contributed by atoms with Crippen LogP contribution in [-0.4, -0.2) is 23.9 Å². The van der Waals surface area contributed by atoms with E-state index in [2.05, 4.69) is 34.6 Å². The molecule has 2 unspecified atom stereocenters. The molecule has 2 heteroatoms. The van der Waals surface area contributed by atoms with Gasteiger partial charge in [0.25, 0.3) is 0 Å². The van der Waals surface area contributed by atoms with Crippen molar-refractivity contribution in [1.82, 2.24) is 0 Å². The molecule has 0 saturated heterocycles. The number of ether oxygens (including phenoxy) is 1. The SMILES string of the molecule is CCC(C)C(C)C(C)(C)OCCO. The van der Waals surface area contributed by atoms with Crippen LogP contribution in [0.1, 0.15) is 41.0 Å². The van der Waals surface area contributed by atoms with Gasteiger partial charge in [-0.25, -0.2) is 0 Å². The molecule has 0 amide bonds. The smallest absolute Gasteiger partial charge is 0.0705 e. The zero-order valence-corrected chi connectivity index (χ0v) is 9.63. The summed E-state index contributed by atoms with van der Waals surface area (Å²) in [7, 11) is 0. The number of hydrogen-bond acceptors (Lipinski definition) is 2. The molecule has 0 bridgehead atoms. The van der Waals surface area contributed by atoms with Crippen LogP contribution in [0.5, 0.6) is 0 Å². The Balaban J connectivity index is 4.09. The second kappa shape index (κ2) is 5.61. The predicted octanol–water partition coefficient (Wildman–Crippen LogP) is 2.46. The van der Waals surface area contributed by atoms with E-state index in [1.807, 2.05) is 0 Å². The highest BCUT2D eigenvalue weighted by Crippen LogP contribution is 2.29. The summed E-state index contributed by atoms with van der Waals surface area (Å²) in [6.45, 7) is 11.4. The minimum absolute atomic E-state index is 0.108. The van der Waals surface area contributed by atoms with Gasteiger partial charge in [0, 0.05) is 0 Å². The van der Waals surface area contributed by atoms with Crippen molar-refractivity contribution in [2.75, 3.05) is 13.2 Å². The van der Waals surface area contributed by atoms with Gasteiger partial charge in [0.1, 0.15) is 0 Å². The van der Waals surface area contributed by atoms with Gasteiger partial charge in [0.2, 0.25) is 0 Å². The Morgan fingerprint density at radius 3 is 2.23 bits per heavy atom. The van der Waals surface area contributed by atoms with E-state index in [9.17, 15) is 0 Å². The molecule has 0 aromatic heterocycles. The molecule has 2 atom stereocenters. The summed E-state index contributed by atoms with van der Waals surface area (Å²) in [6.07, 6.45) is 1.17. The molecule has 0 aromatic carbocycles. The van der Waals surface area contributed by atoms with E-state index in [0.717, 1.165) is 0 Å². The number of hydrogen-bond donors (Lipinski definition) is 1. The standard InChI is InChI=1S/C11H24O2/c1-6-9(2)10(3)11(4,5)13-8-7-12/h9-10,12H,6-8H2,1-5H3. The maximum absolute atomic E-state index is 8.68. The summed E-state index contributed by atoms with van der Waals surface area (Å²) in [5.41, 5.74) is -0.127. The summed E-state index contributed by atoms with van der Waals surface area (Å²) in [6, 6.07) is 0. The van der Waals surface area contributed by atoms with E-state index >= 15 is 0 Å². The van der Waals surface area contributed by atoms with Gasteiger partial charge in [-0.05, 0) is 25.7 Å². The zero-order valence-electron chi connectivity index (χ0n) is 9.63. The average molecular weight is 188 g/mol. The van der Waals surface area contributed by atoms with Crippen molar-refractivity contribution in [3.63, 3.8) is 0 Å². The second-order valence-electron chi connectivity index (χ2n) is 4.35. The van der Waals surface area contributed by atoms with Crippen molar-refractivity contribution in [2.24, 2.45) is 11.8 Å². The van der Waals surface area contributed by atoms with E-state index in [-0.39, 0.29) is 12.2 Å². The fourth-order valence-corrected chi connectivity index (χ4v) is 1.48. The fraction of sp³-hybridized carbons (Fsp3) is 1.00. The first-order chi connectivity index (χ1) is 5.95. The lowest BCUT2D eigenvalue weighted by atomic mass is 9.81. The van der Waals surface area contributed by atoms with Crippen LogP contribution in [0.4, 0.5) is 0 Å². The van der Waals surface area contributed by atoms with Crippen LogP contribution in [-0.2, 0) is 4.74 Å². The van der Waals surface area contributed by atoms with Crippen molar-refractivity contribution in [2.45, 2.75) is 46.6 Å². The van der Waals surface area contributed by atoms with Crippen LogP contribution < -0.4 is 0 Å². The molecule has 2 nitrogen and oxygen atoms in total. The molecule has 80 valence electrons. The Morgan fingerprint density at radius 1 is 1.31 bits per heavy atom. The first kappa shape index (κ1) is 12.9. The van der Waals surface area contributed by atoms with Crippen molar-refractivity contribution >= 4 is 0 Å². The molecule has 0 saturated carbocycles. The van der Waals surface area contributed by atoms with Gasteiger partial charge in [-0.2, -0.15) is 0 Å². The summed E-state index contributed by atoms with van der Waals surface area (Å²) in [5.74, 6) is 1.18. The molecule has 0 aliphatic carbocycles. The average Bonchev–Trinajstić information content (AvgIpc) is 2.12. The first-order valence-corrected chi connectivity index (χ1v) is 5.20. The van der Waals surface area contributed by atoms with Gasteiger partial charge >= 0.3 is 0 Å². The van der Waals surface area contributed by atoms with Crippen LogP contribution in [0.15, 0.2) is 0 Å². The lowest BCUT2D eigenvalue weighted by Crippen LogP contribution is -2.37. The molecule has 1 N–H and O–H groups in total. The second-order valence-corrected chi connectivity index (χ2v) is 4.35. The van der Waals surface area contributed by atoms with Crippen LogP contribution in [0.25, 0.3) is 0 Å². The van der Waals surface area contributed by atoms with Crippen LogP contribution in [0, 0.1) is 11.8 Å². The highest BCUT2D eigenvalue weighted by atomic mass is 16.5. The van der Waals surface area contributed by atoms with Gasteiger partial charge in [-0.15, -0.1) is 0 Å². The van der Waals surface area contributed by atoms with Gasteiger partial charge in [-0.1, -0.05) is 27.2 Å². The minimum atomic E-state index is -0.127. The normalized spacial score (nSPS) is 17.1. The predicted molar refractivity (Wildman–Crippen MR) is 55.7 cm³/mol. The molecule has 0 radical (unpaired) electrons. The van der Waals surface area contributed by atoms with Crippen LogP contribution in [0.3, 0.4) is 0 Å². The van der Waals surface area contributed by atoms with Crippen molar-refractivity contribution in [1.29, 1.82) is 0 Å². The summed E-state index contributed by atoms with van der Waals surface area (Å²) in [5, 5.41) is 8.68. The lowest BCUT2D eigenvalue weighted by Gasteiger charge is -2.35. The monoisotopic (exact) mass is 188 g/mol. The maximum atomic E-state index is 8.68. The quantitative estimate of drug-likeness (QED) is 0.694. The third-order valence-electron chi connectivity index (χ3n) is 3.16.